The Balaban J connectivity index is 2.84. The minimum absolute atomic E-state index is 1.22. The van der Waals surface area contributed by atoms with E-state index in [1.165, 1.54) is 55.7 Å². The molecule has 1 N–H and O–H groups in total. The predicted molar refractivity (Wildman–Crippen MR) is 78.7 cm³/mol. The molecule has 0 aliphatic rings. The van der Waals surface area contributed by atoms with Crippen molar-refractivity contribution >= 4 is 22.2 Å². The summed E-state index contributed by atoms with van der Waals surface area (Å²) in [6.07, 6.45) is 7.92. The van der Waals surface area contributed by atoms with Gasteiger partial charge >= 0.3 is 115 Å². The Labute approximate surface area is 115 Å². The third kappa shape index (κ3) is 4.52. The molecule has 0 bridgehead atoms. The number of nitrogens with one attached hydrogen (secondary N) is 1. The number of aromatic nitrogens is 4. The summed E-state index contributed by atoms with van der Waals surface area (Å²) in [7, 11) is 0. The SMILES string of the molecule is CCC[CH2][Sn]([CH2]CCC)([CH2]CCC)[c]1nnn[nH]1. The van der Waals surface area contributed by atoms with Gasteiger partial charge in [0, 0.05) is 0 Å². The molecule has 1 aromatic rings. The van der Waals surface area contributed by atoms with Crippen molar-refractivity contribution in [3.8, 4) is 0 Å². The van der Waals surface area contributed by atoms with Crippen molar-refractivity contribution in [2.24, 2.45) is 0 Å². The van der Waals surface area contributed by atoms with Gasteiger partial charge in [-0.1, -0.05) is 0 Å². The van der Waals surface area contributed by atoms with Crippen molar-refractivity contribution in [1.29, 1.82) is 0 Å². The number of rotatable bonds is 10. The molecule has 0 aromatic carbocycles. The first-order chi connectivity index (χ1) is 8.79. The van der Waals surface area contributed by atoms with Crippen LogP contribution in [0.3, 0.4) is 0 Å². The quantitative estimate of drug-likeness (QED) is 0.653. The molecule has 0 aliphatic carbocycles. The molecule has 0 radical (unpaired) electrons. The van der Waals surface area contributed by atoms with Gasteiger partial charge in [0.1, 0.15) is 0 Å². The van der Waals surface area contributed by atoms with E-state index in [2.05, 4.69) is 41.4 Å². The van der Waals surface area contributed by atoms with Crippen LogP contribution in [0.15, 0.2) is 0 Å². The monoisotopic (exact) mass is 360 g/mol. The maximum atomic E-state index is 4.32. The summed E-state index contributed by atoms with van der Waals surface area (Å²) < 4.78 is 5.48. The number of H-pyrrole nitrogens is 1. The summed E-state index contributed by atoms with van der Waals surface area (Å²) in [5.41, 5.74) is 0. The van der Waals surface area contributed by atoms with E-state index in [4.69, 9.17) is 0 Å². The van der Waals surface area contributed by atoms with E-state index in [1.54, 1.807) is 0 Å². The van der Waals surface area contributed by atoms with Crippen molar-refractivity contribution in [2.75, 3.05) is 0 Å². The Morgan fingerprint density at radius 1 is 0.889 bits per heavy atom. The topological polar surface area (TPSA) is 54.5 Å². The molecule has 1 rings (SSSR count). The molecule has 0 saturated heterocycles. The molecular formula is C13H28N4Sn. The molecule has 0 unspecified atom stereocenters. The molecule has 18 heavy (non-hydrogen) atoms. The van der Waals surface area contributed by atoms with Gasteiger partial charge in [-0.3, -0.25) is 0 Å². The van der Waals surface area contributed by atoms with Crippen molar-refractivity contribution < 1.29 is 0 Å². The number of unbranched alkanes of at least 4 members (excludes halogenated alkanes) is 3. The molecule has 104 valence electrons. The van der Waals surface area contributed by atoms with Gasteiger partial charge in [-0.2, -0.15) is 0 Å². The van der Waals surface area contributed by atoms with Gasteiger partial charge in [-0.25, -0.2) is 0 Å². The Morgan fingerprint density at radius 2 is 1.39 bits per heavy atom. The van der Waals surface area contributed by atoms with Gasteiger partial charge in [-0.05, 0) is 0 Å². The molecule has 0 aliphatic heterocycles. The summed E-state index contributed by atoms with van der Waals surface area (Å²) in [5, 5.41) is 15.1. The van der Waals surface area contributed by atoms with E-state index in [0.717, 1.165) is 0 Å². The third-order valence-electron chi connectivity index (χ3n) is 3.87. The Kier molecular flexibility index (Phi) is 7.86. The number of hydrogen-bond acceptors (Lipinski definition) is 3. The molecule has 4 nitrogen and oxygen atoms in total. The Bertz CT molecular complexity index is 278. The predicted octanol–water partition coefficient (Wildman–Crippen LogP) is 3.26. The summed E-state index contributed by atoms with van der Waals surface area (Å²) in [6.45, 7) is 6.86. The standard InChI is InChI=1S/3C4H9.CHN4.Sn/c3*1-3-4-2;1-2-4-5-3-1;/h3*1,3-4H2,2H3;(H,2,3,4,5);. The van der Waals surface area contributed by atoms with Crippen LogP contribution in [0.2, 0.25) is 13.3 Å². The summed E-state index contributed by atoms with van der Waals surface area (Å²) in [4.78, 5) is 0. The zero-order valence-electron chi connectivity index (χ0n) is 12.2. The van der Waals surface area contributed by atoms with Crippen LogP contribution in [0.4, 0.5) is 0 Å². The van der Waals surface area contributed by atoms with Gasteiger partial charge in [0.25, 0.3) is 0 Å². The molecule has 0 atom stereocenters. The first kappa shape index (κ1) is 15.9. The zero-order chi connectivity index (χ0) is 13.3. The molecule has 0 amide bonds. The third-order valence-corrected chi connectivity index (χ3v) is 18.6. The fraction of sp³-hybridized carbons (Fsp3) is 0.923. The molecule has 0 fully saturated rings. The maximum absolute atomic E-state index is 4.32. The summed E-state index contributed by atoms with van der Waals surface area (Å²) >= 11 is -2.32. The van der Waals surface area contributed by atoms with Crippen molar-refractivity contribution in [3.63, 3.8) is 0 Å². The Morgan fingerprint density at radius 3 is 1.72 bits per heavy atom. The van der Waals surface area contributed by atoms with E-state index in [1.807, 2.05) is 0 Å². The van der Waals surface area contributed by atoms with Crippen LogP contribution in [0.25, 0.3) is 0 Å². The fourth-order valence-electron chi connectivity index (χ4n) is 2.66. The number of nitrogens with zero attached hydrogens (tertiary/aromatic N) is 3. The van der Waals surface area contributed by atoms with Crippen LogP contribution in [0.5, 0.6) is 0 Å². The minimum atomic E-state index is -2.32. The van der Waals surface area contributed by atoms with Crippen LogP contribution < -0.4 is 3.84 Å². The average molecular weight is 359 g/mol. The van der Waals surface area contributed by atoms with Gasteiger partial charge in [0.2, 0.25) is 0 Å². The van der Waals surface area contributed by atoms with E-state index in [-0.39, 0.29) is 0 Å². The van der Waals surface area contributed by atoms with Gasteiger partial charge in [0.05, 0.1) is 0 Å². The number of hydrogen-bond donors (Lipinski definition) is 1. The van der Waals surface area contributed by atoms with Crippen LogP contribution in [0, 0.1) is 0 Å². The van der Waals surface area contributed by atoms with Crippen molar-refractivity contribution in [2.45, 2.75) is 72.6 Å². The number of tetrazole rings is 1. The molecule has 0 spiro atoms. The second-order valence-corrected chi connectivity index (χ2v) is 18.3. The molecule has 1 heterocycles. The van der Waals surface area contributed by atoms with E-state index < -0.39 is 18.4 Å². The Hall–Kier alpha value is -0.131. The molecule has 0 saturated carbocycles. The summed E-state index contributed by atoms with van der Waals surface area (Å²) in [6, 6.07) is 0. The van der Waals surface area contributed by atoms with Gasteiger partial charge in [0.15, 0.2) is 0 Å². The van der Waals surface area contributed by atoms with Crippen molar-refractivity contribution in [1.82, 2.24) is 20.6 Å². The average Bonchev–Trinajstić information content (AvgIpc) is 2.93. The van der Waals surface area contributed by atoms with Crippen LogP contribution in [-0.2, 0) is 0 Å². The zero-order valence-corrected chi connectivity index (χ0v) is 15.1. The van der Waals surface area contributed by atoms with Gasteiger partial charge < -0.3 is 0 Å². The molecule has 1 aromatic heterocycles. The first-order valence-electron chi connectivity index (χ1n) is 7.53. The first-order valence-corrected chi connectivity index (χ1v) is 15.0. The van der Waals surface area contributed by atoms with Crippen molar-refractivity contribution in [3.05, 3.63) is 0 Å². The van der Waals surface area contributed by atoms with Crippen LogP contribution >= 0.6 is 0 Å². The molecular weight excluding hydrogens is 331 g/mol. The van der Waals surface area contributed by atoms with E-state index in [9.17, 15) is 0 Å². The second-order valence-electron chi connectivity index (χ2n) is 5.34. The fourth-order valence-corrected chi connectivity index (χ4v) is 17.2. The van der Waals surface area contributed by atoms with Crippen LogP contribution in [-0.4, -0.2) is 39.0 Å². The van der Waals surface area contributed by atoms with Crippen LogP contribution in [0.1, 0.15) is 59.3 Å². The van der Waals surface area contributed by atoms with Gasteiger partial charge in [-0.15, -0.1) is 0 Å². The summed E-state index contributed by atoms with van der Waals surface area (Å²) in [5.74, 6) is 0. The second kappa shape index (κ2) is 8.88. The van der Waals surface area contributed by atoms with E-state index in [0.29, 0.717) is 0 Å². The van der Waals surface area contributed by atoms with E-state index >= 15 is 0 Å². The number of aromatic amines is 1. The normalized spacial score (nSPS) is 11.9. The molecule has 5 heteroatoms.